The average molecular weight is 643 g/mol. The Kier molecular flexibility index (Phi) is 7.59. The molecule has 0 fully saturated rings. The van der Waals surface area contributed by atoms with Crippen LogP contribution in [0.2, 0.25) is 0 Å². The number of thiazole rings is 1. The summed E-state index contributed by atoms with van der Waals surface area (Å²) in [6, 6.07) is 14.7. The molecule has 0 aliphatic rings. The van der Waals surface area contributed by atoms with Crippen molar-refractivity contribution in [2.24, 2.45) is 5.41 Å². The second kappa shape index (κ2) is 10.4. The lowest BCUT2D eigenvalue weighted by Crippen LogP contribution is -2.33. The van der Waals surface area contributed by atoms with E-state index in [-0.39, 0.29) is 20.5 Å². The Morgan fingerprint density at radius 3 is 2.29 bits per heavy atom. The summed E-state index contributed by atoms with van der Waals surface area (Å²) in [6.45, 7) is 8.87. The smallest absolute Gasteiger partial charge is 0.273 e. The number of halogens is 3. The first-order valence-electron chi connectivity index (χ1n) is 11.7. The Bertz CT molecular complexity index is 1800. The quantitative estimate of drug-likeness (QED) is 0.284. The first-order valence-corrected chi connectivity index (χ1v) is 13.6. The number of nitrogens with zero attached hydrogens (tertiary/aromatic N) is 3. The van der Waals surface area contributed by atoms with Gasteiger partial charge in [-0.25, -0.2) is 8.78 Å². The van der Waals surface area contributed by atoms with Crippen molar-refractivity contribution >= 4 is 51.4 Å². The Morgan fingerprint density at radius 1 is 1.05 bits per heavy atom. The number of rotatable bonds is 4. The summed E-state index contributed by atoms with van der Waals surface area (Å²) in [4.78, 5) is 26.8. The van der Waals surface area contributed by atoms with E-state index in [4.69, 9.17) is 0 Å². The highest BCUT2D eigenvalue weighted by molar-refractivity contribution is 14.1. The van der Waals surface area contributed by atoms with Gasteiger partial charge in [-0.15, -0.1) is 11.3 Å². The summed E-state index contributed by atoms with van der Waals surface area (Å²) in [5.41, 5.74) is 1.54. The topological polar surface area (TPSA) is 67.8 Å². The fourth-order valence-corrected chi connectivity index (χ4v) is 5.61. The zero-order chi connectivity index (χ0) is 27.9. The minimum Gasteiger partial charge on any atom is -0.318 e. The summed E-state index contributed by atoms with van der Waals surface area (Å²) < 4.78 is 32.9. The van der Waals surface area contributed by atoms with Crippen molar-refractivity contribution in [2.75, 3.05) is 0 Å². The molecule has 0 amide bonds. The maximum atomic E-state index is 14.9. The Balaban J connectivity index is 2.06. The minimum atomic E-state index is -0.977. The molecule has 0 unspecified atom stereocenters. The highest BCUT2D eigenvalue weighted by Gasteiger charge is 2.28. The number of aryl methyl sites for hydroxylation is 1. The average Bonchev–Trinajstić information content (AvgIpc) is 3.30. The zero-order valence-electron chi connectivity index (χ0n) is 21.4. The van der Waals surface area contributed by atoms with E-state index in [2.05, 4.69) is 27.2 Å². The molecule has 0 N–H and O–H groups in total. The van der Waals surface area contributed by atoms with Crippen molar-refractivity contribution in [1.82, 2.24) is 9.13 Å². The second-order valence-electron chi connectivity index (χ2n) is 9.86. The van der Waals surface area contributed by atoms with Gasteiger partial charge in [0.1, 0.15) is 27.9 Å². The van der Waals surface area contributed by atoms with Crippen molar-refractivity contribution in [3.63, 3.8) is 0 Å². The van der Waals surface area contributed by atoms with Crippen LogP contribution in [0.3, 0.4) is 0 Å². The molecule has 2 aromatic carbocycles. The number of ketones is 1. The fraction of sp³-hybridized carbons (Fsp3) is 0.207. The molecule has 0 bridgehead atoms. The van der Waals surface area contributed by atoms with E-state index in [9.17, 15) is 23.6 Å². The van der Waals surface area contributed by atoms with Gasteiger partial charge in [-0.3, -0.25) is 14.2 Å². The third-order valence-electron chi connectivity index (χ3n) is 6.05. The minimum absolute atomic E-state index is 0.000579. The number of aromatic nitrogens is 2. The van der Waals surface area contributed by atoms with Gasteiger partial charge in [0, 0.05) is 32.1 Å². The van der Waals surface area contributed by atoms with Crippen molar-refractivity contribution in [1.29, 1.82) is 5.26 Å². The molecule has 0 atom stereocenters. The summed E-state index contributed by atoms with van der Waals surface area (Å²) in [6.07, 6.45) is 1.68. The van der Waals surface area contributed by atoms with Crippen LogP contribution in [0.25, 0.3) is 23.0 Å². The van der Waals surface area contributed by atoms with Gasteiger partial charge in [0.25, 0.3) is 5.56 Å². The zero-order valence-corrected chi connectivity index (χ0v) is 24.4. The predicted molar refractivity (Wildman–Crippen MR) is 154 cm³/mol. The summed E-state index contributed by atoms with van der Waals surface area (Å²) in [5.74, 6) is -2.27. The molecular formula is C29H24F2IN3O2S. The normalized spacial score (nSPS) is 13.0. The van der Waals surface area contributed by atoms with Crippen molar-refractivity contribution < 1.29 is 13.6 Å². The summed E-state index contributed by atoms with van der Waals surface area (Å²) >= 11 is 3.17. The van der Waals surface area contributed by atoms with Gasteiger partial charge in [0.05, 0.1) is 10.2 Å². The highest BCUT2D eigenvalue weighted by Crippen LogP contribution is 2.23. The van der Waals surface area contributed by atoms with E-state index in [0.29, 0.717) is 6.07 Å². The van der Waals surface area contributed by atoms with Crippen LogP contribution in [0.4, 0.5) is 8.78 Å². The molecule has 4 aromatic rings. The van der Waals surface area contributed by atoms with E-state index in [1.165, 1.54) is 0 Å². The molecule has 0 aliphatic carbocycles. The molecule has 5 nitrogen and oxygen atoms in total. The van der Waals surface area contributed by atoms with Gasteiger partial charge in [0.15, 0.2) is 5.78 Å². The van der Waals surface area contributed by atoms with Crippen LogP contribution in [-0.2, 0) is 4.79 Å². The molecule has 2 aromatic heterocycles. The molecule has 0 spiro atoms. The molecule has 0 saturated heterocycles. The van der Waals surface area contributed by atoms with Crippen LogP contribution < -0.4 is 14.8 Å². The molecule has 38 heavy (non-hydrogen) atoms. The third kappa shape index (κ3) is 5.15. The number of carbonyl (C=O) groups excluding carboxylic acids is 1. The third-order valence-corrected chi connectivity index (χ3v) is 7.86. The first-order chi connectivity index (χ1) is 17.8. The van der Waals surface area contributed by atoms with E-state index >= 15 is 0 Å². The Hall–Kier alpha value is -3.36. The molecule has 0 aliphatic heterocycles. The van der Waals surface area contributed by atoms with Crippen LogP contribution in [0.1, 0.15) is 37.7 Å². The number of hydrogen-bond acceptors (Lipinski definition) is 4. The lowest BCUT2D eigenvalue weighted by atomic mass is 9.87. The summed E-state index contributed by atoms with van der Waals surface area (Å²) in [7, 11) is 0. The van der Waals surface area contributed by atoms with Crippen LogP contribution in [0, 0.1) is 45.8 Å². The van der Waals surface area contributed by atoms with Crippen molar-refractivity contribution in [3.8, 4) is 17.4 Å². The van der Waals surface area contributed by atoms with Crippen molar-refractivity contribution in [3.05, 3.63) is 100 Å². The van der Waals surface area contributed by atoms with Crippen molar-refractivity contribution in [2.45, 2.75) is 34.6 Å². The standard InChI is InChI=1S/C29H24F2IN3O2S/c1-16-12-18(17(2)34(16)21-9-7-20(32)8-10-21)13-25-27(37)35(24-11-6-19(30)14-23(24)31)28(38-25)22(15-33)26(36)29(3,4)5/h6-14H,1-5H3/b25-13-,28-22-. The fourth-order valence-electron chi connectivity index (χ4n) is 4.16. The van der Waals surface area contributed by atoms with Gasteiger partial charge >= 0.3 is 0 Å². The summed E-state index contributed by atoms with van der Waals surface area (Å²) in [5, 5.41) is 9.93. The van der Waals surface area contributed by atoms with Gasteiger partial charge in [-0.1, -0.05) is 20.8 Å². The number of nitriles is 1. The molecule has 0 radical (unpaired) electrons. The number of carbonyl (C=O) groups is 1. The molecular weight excluding hydrogens is 619 g/mol. The van der Waals surface area contributed by atoms with Crippen LogP contribution >= 0.6 is 33.9 Å². The lowest BCUT2D eigenvalue weighted by molar-refractivity contribution is -0.120. The number of hydrogen-bond donors (Lipinski definition) is 0. The first kappa shape index (κ1) is 27.7. The van der Waals surface area contributed by atoms with Crippen LogP contribution in [-0.4, -0.2) is 14.9 Å². The maximum Gasteiger partial charge on any atom is 0.273 e. The maximum absolute atomic E-state index is 14.9. The van der Waals surface area contributed by atoms with E-state index in [1.807, 2.05) is 50.2 Å². The van der Waals surface area contributed by atoms with Gasteiger partial charge in [-0.2, -0.15) is 5.26 Å². The van der Waals surface area contributed by atoms with E-state index < -0.39 is 28.4 Å². The molecule has 194 valence electrons. The number of benzene rings is 2. The van der Waals surface area contributed by atoms with Crippen LogP contribution in [0.5, 0.6) is 0 Å². The molecule has 2 heterocycles. The predicted octanol–water partition coefficient (Wildman–Crippen LogP) is 5.31. The lowest BCUT2D eigenvalue weighted by Gasteiger charge is -2.15. The van der Waals surface area contributed by atoms with Gasteiger partial charge in [-0.05, 0) is 90.5 Å². The largest absolute Gasteiger partial charge is 0.318 e. The van der Waals surface area contributed by atoms with E-state index in [0.717, 1.165) is 54.2 Å². The van der Waals surface area contributed by atoms with Gasteiger partial charge in [0.2, 0.25) is 0 Å². The molecule has 4 rings (SSSR count). The van der Waals surface area contributed by atoms with Crippen LogP contribution in [0.15, 0.2) is 53.3 Å². The second-order valence-corrected chi connectivity index (χ2v) is 12.1. The SMILES string of the molecule is Cc1cc(/C=c2\s/c(=C(/C#N)C(=O)C(C)(C)C)n(-c3ccc(F)cc3F)c2=O)c(C)n1-c1ccc(I)cc1. The van der Waals surface area contributed by atoms with E-state index in [1.54, 1.807) is 26.8 Å². The Labute approximate surface area is 236 Å². The number of Topliss-reactive ketones (excluding diaryl/α,β-unsaturated/α-hetero) is 1. The molecule has 9 heteroatoms. The van der Waals surface area contributed by atoms with Gasteiger partial charge < -0.3 is 4.57 Å². The highest BCUT2D eigenvalue weighted by atomic mass is 127. The monoisotopic (exact) mass is 643 g/mol. The molecule has 0 saturated carbocycles. The Morgan fingerprint density at radius 2 is 1.71 bits per heavy atom.